The summed E-state index contributed by atoms with van der Waals surface area (Å²) in [6, 6.07) is 11.0. The highest BCUT2D eigenvalue weighted by atomic mass is 19.1. The van der Waals surface area contributed by atoms with Gasteiger partial charge in [-0.1, -0.05) is 18.2 Å². The predicted octanol–water partition coefficient (Wildman–Crippen LogP) is 1.77. The molecule has 2 saturated heterocycles. The Morgan fingerprint density at radius 1 is 1.18 bits per heavy atom. The first-order valence-electron chi connectivity index (χ1n) is 9.82. The van der Waals surface area contributed by atoms with E-state index in [2.05, 4.69) is 32.1 Å². The molecule has 0 radical (unpaired) electrons. The molecule has 148 valence electrons. The fourth-order valence-corrected chi connectivity index (χ4v) is 4.14. The third-order valence-electron chi connectivity index (χ3n) is 5.51. The zero-order chi connectivity index (χ0) is 19.3. The molecular weight excluding hydrogens is 357 g/mol. The Hall–Kier alpha value is -2.35. The molecule has 4 rings (SSSR count). The number of hydrogen-bond acceptors (Lipinski definition) is 5. The van der Waals surface area contributed by atoms with Crippen molar-refractivity contribution in [3.05, 3.63) is 65.7 Å². The summed E-state index contributed by atoms with van der Waals surface area (Å²) in [5.74, 6) is 0.250. The van der Waals surface area contributed by atoms with Crippen LogP contribution >= 0.6 is 0 Å². The maximum absolute atomic E-state index is 13.3. The minimum absolute atomic E-state index is 0.121. The van der Waals surface area contributed by atoms with Gasteiger partial charge in [0.15, 0.2) is 0 Å². The topological polar surface area (TPSA) is 69.3 Å². The molecule has 3 atom stereocenters. The van der Waals surface area contributed by atoms with Gasteiger partial charge < -0.3 is 5.32 Å². The van der Waals surface area contributed by atoms with Crippen molar-refractivity contribution in [1.29, 1.82) is 0 Å². The van der Waals surface area contributed by atoms with Crippen LogP contribution in [0.15, 0.2) is 48.8 Å². The lowest BCUT2D eigenvalue weighted by molar-refractivity contribution is -0.119. The molecule has 0 bridgehead atoms. The number of nitrogens with one attached hydrogen (secondary N) is 3. The fraction of sp³-hybridized carbons (Fsp3) is 0.429. The summed E-state index contributed by atoms with van der Waals surface area (Å²) in [4.78, 5) is 18.2. The third-order valence-corrected chi connectivity index (χ3v) is 5.51. The summed E-state index contributed by atoms with van der Waals surface area (Å²) in [6.07, 6.45) is 5.16. The Morgan fingerprint density at radius 2 is 2.04 bits per heavy atom. The van der Waals surface area contributed by atoms with E-state index in [0.29, 0.717) is 12.3 Å². The van der Waals surface area contributed by atoms with Crippen LogP contribution in [-0.2, 0) is 11.3 Å². The smallest absolute Gasteiger partial charge is 0.220 e. The Morgan fingerprint density at radius 3 is 2.75 bits per heavy atom. The van der Waals surface area contributed by atoms with Crippen molar-refractivity contribution in [3.8, 4) is 0 Å². The van der Waals surface area contributed by atoms with Crippen LogP contribution in [-0.4, -0.2) is 41.5 Å². The number of carbonyl (C=O) groups is 1. The molecule has 3 heterocycles. The van der Waals surface area contributed by atoms with Gasteiger partial charge in [-0.25, -0.2) is 9.82 Å². The number of halogens is 1. The molecule has 2 aliphatic heterocycles. The molecule has 6 nitrogen and oxygen atoms in total. The van der Waals surface area contributed by atoms with Gasteiger partial charge in [-0.3, -0.25) is 20.1 Å². The highest BCUT2D eigenvalue weighted by Crippen LogP contribution is 2.26. The average molecular weight is 383 g/mol. The first-order chi connectivity index (χ1) is 13.7. The summed E-state index contributed by atoms with van der Waals surface area (Å²) in [6.45, 7) is 3.30. The van der Waals surface area contributed by atoms with Crippen molar-refractivity contribution in [2.75, 3.05) is 19.6 Å². The SMILES string of the molecule is O=C1CC[C@@H](CN(Cc2cccnc2)CC2CNNC2c2ccc(F)cc2)N1. The Balaban J connectivity index is 1.47. The van der Waals surface area contributed by atoms with Crippen LogP contribution in [0, 0.1) is 11.7 Å². The van der Waals surface area contributed by atoms with Crippen LogP contribution in [0.1, 0.15) is 30.0 Å². The second-order valence-corrected chi connectivity index (χ2v) is 7.67. The largest absolute Gasteiger partial charge is 0.352 e. The fourth-order valence-electron chi connectivity index (χ4n) is 4.14. The van der Waals surface area contributed by atoms with Gasteiger partial charge in [0.25, 0.3) is 0 Å². The molecular formula is C21H26FN5O. The molecule has 2 aliphatic rings. The van der Waals surface area contributed by atoms with E-state index >= 15 is 0 Å². The minimum atomic E-state index is -0.221. The van der Waals surface area contributed by atoms with Crippen molar-refractivity contribution in [2.24, 2.45) is 5.92 Å². The van der Waals surface area contributed by atoms with Crippen LogP contribution in [0.2, 0.25) is 0 Å². The van der Waals surface area contributed by atoms with Gasteiger partial charge in [-0.05, 0) is 35.7 Å². The van der Waals surface area contributed by atoms with Gasteiger partial charge in [0, 0.05) is 57.0 Å². The van der Waals surface area contributed by atoms with Crippen molar-refractivity contribution >= 4 is 5.91 Å². The number of hydrogen-bond donors (Lipinski definition) is 3. The monoisotopic (exact) mass is 383 g/mol. The molecule has 2 fully saturated rings. The average Bonchev–Trinajstić information content (AvgIpc) is 3.32. The van der Waals surface area contributed by atoms with E-state index in [9.17, 15) is 9.18 Å². The number of aromatic nitrogens is 1. The third kappa shape index (κ3) is 4.73. The number of benzene rings is 1. The lowest BCUT2D eigenvalue weighted by atomic mass is 9.94. The van der Waals surface area contributed by atoms with Crippen molar-refractivity contribution in [3.63, 3.8) is 0 Å². The van der Waals surface area contributed by atoms with Crippen molar-refractivity contribution < 1.29 is 9.18 Å². The number of carbonyl (C=O) groups excluding carboxylic acids is 1. The molecule has 1 aromatic heterocycles. The van der Waals surface area contributed by atoms with Crippen LogP contribution < -0.4 is 16.2 Å². The van der Waals surface area contributed by atoms with E-state index in [1.165, 1.54) is 12.1 Å². The lowest BCUT2D eigenvalue weighted by Gasteiger charge is -2.30. The van der Waals surface area contributed by atoms with Gasteiger partial charge >= 0.3 is 0 Å². The summed E-state index contributed by atoms with van der Waals surface area (Å²) >= 11 is 0. The molecule has 2 aromatic rings. The van der Waals surface area contributed by atoms with Gasteiger partial charge in [0.05, 0.1) is 6.04 Å². The molecule has 3 N–H and O–H groups in total. The highest BCUT2D eigenvalue weighted by Gasteiger charge is 2.31. The number of hydrazine groups is 1. The Labute approximate surface area is 164 Å². The first kappa shape index (κ1) is 19.0. The maximum atomic E-state index is 13.3. The standard InChI is InChI=1S/C21H26FN5O/c22-18-5-3-16(4-6-18)21-17(11-24-26-21)13-27(12-15-2-1-9-23-10-15)14-19-7-8-20(28)25-19/h1-6,9-10,17,19,21,24,26H,7-8,11-14H2,(H,25,28)/t17?,19-,21?/m0/s1. The normalized spacial score (nSPS) is 24.6. The predicted molar refractivity (Wildman–Crippen MR) is 104 cm³/mol. The number of amides is 1. The molecule has 7 heteroatoms. The highest BCUT2D eigenvalue weighted by molar-refractivity contribution is 5.78. The van der Waals surface area contributed by atoms with E-state index in [4.69, 9.17) is 0 Å². The summed E-state index contributed by atoms with van der Waals surface area (Å²) < 4.78 is 13.3. The van der Waals surface area contributed by atoms with E-state index in [1.807, 2.05) is 24.4 Å². The van der Waals surface area contributed by atoms with E-state index in [0.717, 1.165) is 43.7 Å². The van der Waals surface area contributed by atoms with E-state index in [1.54, 1.807) is 6.20 Å². The van der Waals surface area contributed by atoms with Crippen molar-refractivity contribution in [1.82, 2.24) is 26.1 Å². The van der Waals surface area contributed by atoms with E-state index in [-0.39, 0.29) is 23.8 Å². The van der Waals surface area contributed by atoms with Crippen LogP contribution in [0.3, 0.4) is 0 Å². The summed E-state index contributed by atoms with van der Waals surface area (Å²) in [7, 11) is 0. The lowest BCUT2D eigenvalue weighted by Crippen LogP contribution is -2.41. The first-order valence-corrected chi connectivity index (χ1v) is 9.82. The van der Waals surface area contributed by atoms with Gasteiger partial charge in [-0.2, -0.15) is 0 Å². The molecule has 1 aromatic carbocycles. The maximum Gasteiger partial charge on any atom is 0.220 e. The molecule has 2 unspecified atom stereocenters. The zero-order valence-electron chi connectivity index (χ0n) is 15.8. The minimum Gasteiger partial charge on any atom is -0.352 e. The van der Waals surface area contributed by atoms with Crippen LogP contribution in [0.5, 0.6) is 0 Å². The van der Waals surface area contributed by atoms with Crippen LogP contribution in [0.4, 0.5) is 4.39 Å². The van der Waals surface area contributed by atoms with Gasteiger partial charge in [-0.15, -0.1) is 0 Å². The molecule has 1 amide bonds. The summed E-state index contributed by atoms with van der Waals surface area (Å²) in [5.41, 5.74) is 8.82. The van der Waals surface area contributed by atoms with Gasteiger partial charge in [0.2, 0.25) is 5.91 Å². The molecule has 0 spiro atoms. The van der Waals surface area contributed by atoms with Crippen LogP contribution in [0.25, 0.3) is 0 Å². The molecule has 0 saturated carbocycles. The Bertz CT molecular complexity index is 785. The van der Waals surface area contributed by atoms with E-state index < -0.39 is 0 Å². The number of rotatable bonds is 7. The Kier molecular flexibility index (Phi) is 5.95. The number of nitrogens with zero attached hydrogens (tertiary/aromatic N) is 2. The molecule has 0 aliphatic carbocycles. The second kappa shape index (κ2) is 8.77. The van der Waals surface area contributed by atoms with Gasteiger partial charge in [0.1, 0.15) is 5.82 Å². The quantitative estimate of drug-likeness (QED) is 0.680. The zero-order valence-corrected chi connectivity index (χ0v) is 15.8. The van der Waals surface area contributed by atoms with Crippen molar-refractivity contribution in [2.45, 2.75) is 31.5 Å². The summed E-state index contributed by atoms with van der Waals surface area (Å²) in [5, 5.41) is 3.07. The molecule has 28 heavy (non-hydrogen) atoms. The number of pyridine rings is 1. The second-order valence-electron chi connectivity index (χ2n) is 7.67.